The van der Waals surface area contributed by atoms with E-state index in [-0.39, 0.29) is 5.89 Å². The third kappa shape index (κ3) is 3.34. The number of aryl methyl sites for hydroxylation is 2. The molecule has 0 amide bonds. The number of hydrogen-bond donors (Lipinski definition) is 1. The molecule has 1 aromatic carbocycles. The average Bonchev–Trinajstić information content (AvgIpc) is 3.37. The highest BCUT2D eigenvalue weighted by Crippen LogP contribution is 2.33. The second-order valence-electron chi connectivity index (χ2n) is 7.91. The first-order valence-corrected chi connectivity index (χ1v) is 10.0. The van der Waals surface area contributed by atoms with Crippen LogP contribution < -0.4 is 0 Å². The van der Waals surface area contributed by atoms with Crippen molar-refractivity contribution in [3.8, 4) is 11.5 Å². The standard InChI is InChI=1S/C22H24N4O2/c27-22(12-13-26(15-22)14-16-6-2-1-3-7-16)21-24-20(25-28-21)19-11-10-17-8-4-5-9-18(17)23-19/h1-3,6-7,10-11,27H,4-5,8-9,12-15H2. The van der Waals surface area contributed by atoms with Crippen molar-refractivity contribution in [1.82, 2.24) is 20.0 Å². The maximum Gasteiger partial charge on any atom is 0.260 e. The summed E-state index contributed by atoms with van der Waals surface area (Å²) in [7, 11) is 0. The Morgan fingerprint density at radius 2 is 1.89 bits per heavy atom. The molecule has 0 saturated carbocycles. The van der Waals surface area contributed by atoms with E-state index in [0.717, 1.165) is 37.3 Å². The Labute approximate surface area is 164 Å². The molecule has 6 heteroatoms. The number of benzene rings is 1. The van der Waals surface area contributed by atoms with Gasteiger partial charge in [-0.2, -0.15) is 4.98 Å². The zero-order valence-electron chi connectivity index (χ0n) is 15.8. The molecule has 1 saturated heterocycles. The van der Waals surface area contributed by atoms with E-state index in [0.29, 0.717) is 18.8 Å². The number of fused-ring (bicyclic) bond motifs is 1. The zero-order valence-corrected chi connectivity index (χ0v) is 15.8. The summed E-state index contributed by atoms with van der Waals surface area (Å²) >= 11 is 0. The Kier molecular flexibility index (Phi) is 4.45. The molecule has 3 aromatic rings. The van der Waals surface area contributed by atoms with Crippen LogP contribution >= 0.6 is 0 Å². The van der Waals surface area contributed by atoms with Crippen LogP contribution in [0.5, 0.6) is 0 Å². The van der Waals surface area contributed by atoms with Gasteiger partial charge in [0.25, 0.3) is 5.89 Å². The summed E-state index contributed by atoms with van der Waals surface area (Å²) in [5.41, 5.74) is 3.32. The lowest BCUT2D eigenvalue weighted by atomic mass is 9.96. The molecule has 1 aliphatic carbocycles. The summed E-state index contributed by atoms with van der Waals surface area (Å²) in [6.45, 7) is 2.08. The number of likely N-dealkylation sites (tertiary alicyclic amines) is 1. The Hall–Kier alpha value is -2.57. The van der Waals surface area contributed by atoms with Gasteiger partial charge in [0.2, 0.25) is 5.82 Å². The van der Waals surface area contributed by atoms with Gasteiger partial charge in [-0.1, -0.05) is 41.6 Å². The molecule has 1 atom stereocenters. The molecule has 2 aliphatic rings. The number of hydrogen-bond acceptors (Lipinski definition) is 6. The van der Waals surface area contributed by atoms with E-state index in [2.05, 4.69) is 33.2 Å². The molecule has 0 spiro atoms. The molecule has 0 bridgehead atoms. The lowest BCUT2D eigenvalue weighted by Gasteiger charge is -2.19. The van der Waals surface area contributed by atoms with E-state index in [1.54, 1.807) is 0 Å². The monoisotopic (exact) mass is 376 g/mol. The van der Waals surface area contributed by atoms with Crippen molar-refractivity contribution in [2.24, 2.45) is 0 Å². The number of β-amino-alcohol motifs (C(OH)–C–C–N with tert-alkyl or cyclic N) is 1. The normalized spacial score (nSPS) is 22.3. The number of rotatable bonds is 4. The van der Waals surface area contributed by atoms with E-state index in [1.807, 2.05) is 24.3 Å². The number of aromatic nitrogens is 3. The van der Waals surface area contributed by atoms with Gasteiger partial charge in [-0.25, -0.2) is 4.98 Å². The third-order valence-electron chi connectivity index (χ3n) is 5.81. The first-order chi connectivity index (χ1) is 13.7. The van der Waals surface area contributed by atoms with Crippen LogP contribution in [0.15, 0.2) is 47.0 Å². The Bertz CT molecular complexity index is 972. The molecule has 1 fully saturated rings. The Balaban J connectivity index is 1.33. The number of aliphatic hydroxyl groups is 1. The first kappa shape index (κ1) is 17.5. The topological polar surface area (TPSA) is 75.3 Å². The second kappa shape index (κ2) is 7.11. The first-order valence-electron chi connectivity index (χ1n) is 10.0. The average molecular weight is 376 g/mol. The summed E-state index contributed by atoms with van der Waals surface area (Å²) in [4.78, 5) is 11.5. The Morgan fingerprint density at radius 3 is 2.79 bits per heavy atom. The van der Waals surface area contributed by atoms with Crippen molar-refractivity contribution in [2.75, 3.05) is 13.1 Å². The molecule has 3 heterocycles. The van der Waals surface area contributed by atoms with E-state index in [9.17, 15) is 5.11 Å². The second-order valence-corrected chi connectivity index (χ2v) is 7.91. The van der Waals surface area contributed by atoms with Gasteiger partial charge in [0.15, 0.2) is 5.60 Å². The van der Waals surface area contributed by atoms with Gasteiger partial charge < -0.3 is 9.63 Å². The molecule has 0 radical (unpaired) electrons. The summed E-state index contributed by atoms with van der Waals surface area (Å²) < 4.78 is 5.47. The fraction of sp³-hybridized carbons (Fsp3) is 0.409. The molecule has 1 aliphatic heterocycles. The zero-order chi connectivity index (χ0) is 19.0. The van der Waals surface area contributed by atoms with Crippen LogP contribution in [0, 0.1) is 0 Å². The number of pyridine rings is 1. The molecular weight excluding hydrogens is 352 g/mol. The van der Waals surface area contributed by atoms with Crippen molar-refractivity contribution in [2.45, 2.75) is 44.2 Å². The van der Waals surface area contributed by atoms with Crippen molar-refractivity contribution in [3.05, 3.63) is 65.2 Å². The van der Waals surface area contributed by atoms with Crippen LogP contribution in [0.4, 0.5) is 0 Å². The van der Waals surface area contributed by atoms with Crippen molar-refractivity contribution in [3.63, 3.8) is 0 Å². The van der Waals surface area contributed by atoms with Gasteiger partial charge >= 0.3 is 0 Å². The van der Waals surface area contributed by atoms with Crippen LogP contribution in [-0.4, -0.2) is 38.2 Å². The van der Waals surface area contributed by atoms with Crippen molar-refractivity contribution < 1.29 is 9.63 Å². The minimum absolute atomic E-state index is 0.289. The van der Waals surface area contributed by atoms with Gasteiger partial charge in [-0.3, -0.25) is 4.90 Å². The van der Waals surface area contributed by atoms with E-state index < -0.39 is 5.60 Å². The van der Waals surface area contributed by atoms with E-state index in [4.69, 9.17) is 9.51 Å². The largest absolute Gasteiger partial charge is 0.379 e. The highest BCUT2D eigenvalue weighted by atomic mass is 16.5. The molecule has 2 aromatic heterocycles. The maximum absolute atomic E-state index is 11.1. The van der Waals surface area contributed by atoms with Gasteiger partial charge in [0.05, 0.1) is 0 Å². The predicted molar refractivity (Wildman–Crippen MR) is 104 cm³/mol. The highest BCUT2D eigenvalue weighted by Gasteiger charge is 2.42. The van der Waals surface area contributed by atoms with Gasteiger partial charge in [0.1, 0.15) is 5.69 Å². The van der Waals surface area contributed by atoms with E-state index >= 15 is 0 Å². The fourth-order valence-corrected chi connectivity index (χ4v) is 4.25. The molecule has 28 heavy (non-hydrogen) atoms. The molecule has 6 nitrogen and oxygen atoms in total. The lowest BCUT2D eigenvalue weighted by Crippen LogP contribution is -2.31. The quantitative estimate of drug-likeness (QED) is 0.754. The molecule has 1 unspecified atom stereocenters. The minimum atomic E-state index is -1.10. The molecule has 144 valence electrons. The Morgan fingerprint density at radius 1 is 1.04 bits per heavy atom. The third-order valence-corrected chi connectivity index (χ3v) is 5.81. The van der Waals surface area contributed by atoms with Gasteiger partial charge in [0, 0.05) is 25.3 Å². The van der Waals surface area contributed by atoms with Crippen molar-refractivity contribution >= 4 is 0 Å². The summed E-state index contributed by atoms with van der Waals surface area (Å²) in [6.07, 6.45) is 5.09. The highest BCUT2D eigenvalue weighted by molar-refractivity contribution is 5.50. The minimum Gasteiger partial charge on any atom is -0.379 e. The fourth-order valence-electron chi connectivity index (χ4n) is 4.25. The molecule has 1 N–H and O–H groups in total. The SMILES string of the molecule is OC1(c2nc(-c3ccc4c(n3)CCCC4)no2)CCN(Cc2ccccc2)C1. The molecule has 5 rings (SSSR count). The lowest BCUT2D eigenvalue weighted by molar-refractivity contribution is 0.0131. The van der Waals surface area contributed by atoms with Crippen LogP contribution in [-0.2, 0) is 25.0 Å². The van der Waals surface area contributed by atoms with Crippen LogP contribution in [0.2, 0.25) is 0 Å². The predicted octanol–water partition coefficient (Wildman–Crippen LogP) is 3.10. The van der Waals surface area contributed by atoms with Crippen LogP contribution in [0.25, 0.3) is 11.5 Å². The summed E-state index contributed by atoms with van der Waals surface area (Å²) in [5.74, 6) is 0.746. The van der Waals surface area contributed by atoms with E-state index in [1.165, 1.54) is 24.0 Å². The summed E-state index contributed by atoms with van der Waals surface area (Å²) in [5, 5.41) is 15.2. The maximum atomic E-state index is 11.1. The molecular formula is C22H24N4O2. The van der Waals surface area contributed by atoms with Gasteiger partial charge in [-0.15, -0.1) is 0 Å². The summed E-state index contributed by atoms with van der Waals surface area (Å²) in [6, 6.07) is 14.4. The number of nitrogens with zero attached hydrogens (tertiary/aromatic N) is 4. The van der Waals surface area contributed by atoms with Crippen molar-refractivity contribution in [1.29, 1.82) is 0 Å². The van der Waals surface area contributed by atoms with Crippen LogP contribution in [0.1, 0.15) is 42.0 Å². The van der Waals surface area contributed by atoms with Crippen LogP contribution in [0.3, 0.4) is 0 Å². The van der Waals surface area contributed by atoms with Gasteiger partial charge in [-0.05, 0) is 49.3 Å². The smallest absolute Gasteiger partial charge is 0.260 e.